The van der Waals surface area contributed by atoms with Gasteiger partial charge in [-0.25, -0.2) is 0 Å². The Hall–Kier alpha value is -2.14. The van der Waals surface area contributed by atoms with Crippen LogP contribution in [0.1, 0.15) is 53.5 Å². The van der Waals surface area contributed by atoms with E-state index in [2.05, 4.69) is 10.5 Å². The van der Waals surface area contributed by atoms with Crippen molar-refractivity contribution in [3.8, 4) is 0 Å². The smallest absolute Gasteiger partial charge is 0.220 e. The Morgan fingerprint density at radius 3 is 2.48 bits per heavy atom. The van der Waals surface area contributed by atoms with E-state index in [0.29, 0.717) is 6.42 Å². The maximum absolute atomic E-state index is 12.1. The molecule has 2 aromatic rings. The predicted molar refractivity (Wildman–Crippen MR) is 88.2 cm³/mol. The average Bonchev–Trinajstić information content (AvgIpc) is 2.84. The summed E-state index contributed by atoms with van der Waals surface area (Å²) in [5.41, 5.74) is 3.75. The van der Waals surface area contributed by atoms with Gasteiger partial charge in [-0.3, -0.25) is 4.79 Å². The molecule has 0 aliphatic carbocycles. The molecule has 2 unspecified atom stereocenters. The van der Waals surface area contributed by atoms with Crippen molar-refractivity contribution >= 4 is 5.91 Å². The van der Waals surface area contributed by atoms with Crippen molar-refractivity contribution in [2.24, 2.45) is 0 Å². The molecule has 5 heteroatoms. The summed E-state index contributed by atoms with van der Waals surface area (Å²) in [5.74, 6) is 0.684. The molecule has 0 spiro atoms. The lowest BCUT2D eigenvalue weighted by atomic mass is 9.96. The lowest BCUT2D eigenvalue weighted by Gasteiger charge is -2.15. The van der Waals surface area contributed by atoms with Crippen molar-refractivity contribution in [1.29, 1.82) is 0 Å². The van der Waals surface area contributed by atoms with Crippen LogP contribution in [0.5, 0.6) is 0 Å². The van der Waals surface area contributed by atoms with Crippen LogP contribution in [0.4, 0.5) is 0 Å². The molecule has 0 aliphatic rings. The van der Waals surface area contributed by atoms with Gasteiger partial charge in [0.15, 0.2) is 0 Å². The van der Waals surface area contributed by atoms with Gasteiger partial charge in [0.05, 0.1) is 11.8 Å². The summed E-state index contributed by atoms with van der Waals surface area (Å²) in [6, 6.07) is 7.64. The Morgan fingerprint density at radius 1 is 1.26 bits per heavy atom. The molecule has 23 heavy (non-hydrogen) atoms. The molecule has 1 amide bonds. The number of aliphatic hydroxyl groups excluding tert-OH is 1. The fourth-order valence-corrected chi connectivity index (χ4v) is 2.76. The van der Waals surface area contributed by atoms with Gasteiger partial charge in [-0.1, -0.05) is 41.9 Å². The van der Waals surface area contributed by atoms with Crippen molar-refractivity contribution in [3.05, 3.63) is 52.4 Å². The molecule has 0 radical (unpaired) electrons. The van der Waals surface area contributed by atoms with E-state index in [1.165, 1.54) is 0 Å². The number of benzene rings is 1. The molecular weight excluding hydrogens is 292 g/mol. The molecule has 5 nitrogen and oxygen atoms in total. The molecule has 1 aromatic heterocycles. The molecule has 1 heterocycles. The van der Waals surface area contributed by atoms with Crippen LogP contribution in [0.25, 0.3) is 0 Å². The van der Waals surface area contributed by atoms with Gasteiger partial charge in [0.2, 0.25) is 5.91 Å². The number of hydrogen-bond acceptors (Lipinski definition) is 4. The highest BCUT2D eigenvalue weighted by Crippen LogP contribution is 2.25. The van der Waals surface area contributed by atoms with Crippen molar-refractivity contribution in [2.75, 3.05) is 6.54 Å². The predicted octanol–water partition coefficient (Wildman–Crippen LogP) is 2.94. The van der Waals surface area contributed by atoms with Gasteiger partial charge < -0.3 is 14.9 Å². The highest BCUT2D eigenvalue weighted by Gasteiger charge is 2.19. The summed E-state index contributed by atoms with van der Waals surface area (Å²) in [4.78, 5) is 12.1. The molecule has 0 saturated carbocycles. The Morgan fingerprint density at radius 2 is 1.91 bits per heavy atom. The molecule has 2 rings (SSSR count). The maximum atomic E-state index is 12.1. The van der Waals surface area contributed by atoms with Gasteiger partial charge in [0, 0.05) is 18.5 Å². The van der Waals surface area contributed by atoms with E-state index in [1.54, 1.807) is 0 Å². The first-order valence-electron chi connectivity index (χ1n) is 7.82. The van der Waals surface area contributed by atoms with Crippen molar-refractivity contribution in [1.82, 2.24) is 10.5 Å². The number of carbonyl (C=O) groups excluding carboxylic acids is 1. The van der Waals surface area contributed by atoms with Gasteiger partial charge >= 0.3 is 0 Å². The number of amides is 1. The van der Waals surface area contributed by atoms with Crippen molar-refractivity contribution in [3.63, 3.8) is 0 Å². The van der Waals surface area contributed by atoms with Gasteiger partial charge in [0.1, 0.15) is 5.76 Å². The third-order valence-corrected chi connectivity index (χ3v) is 4.03. The van der Waals surface area contributed by atoms with E-state index in [9.17, 15) is 9.90 Å². The van der Waals surface area contributed by atoms with E-state index < -0.39 is 6.10 Å². The second-order valence-corrected chi connectivity index (χ2v) is 6.07. The highest BCUT2D eigenvalue weighted by molar-refractivity contribution is 5.77. The number of aromatic nitrogens is 1. The average molecular weight is 316 g/mol. The molecular formula is C18H24N2O3. The summed E-state index contributed by atoms with van der Waals surface area (Å²) in [7, 11) is 0. The van der Waals surface area contributed by atoms with E-state index in [1.807, 2.05) is 52.0 Å². The number of aliphatic hydroxyl groups is 1. The van der Waals surface area contributed by atoms with Crippen LogP contribution in [0, 0.1) is 20.8 Å². The quantitative estimate of drug-likeness (QED) is 0.859. The fourth-order valence-electron chi connectivity index (χ4n) is 2.76. The number of carbonyl (C=O) groups is 1. The Kier molecular flexibility index (Phi) is 5.55. The van der Waals surface area contributed by atoms with Crippen LogP contribution >= 0.6 is 0 Å². The van der Waals surface area contributed by atoms with Crippen molar-refractivity contribution < 1.29 is 14.4 Å². The minimum Gasteiger partial charge on any atom is -0.387 e. The Bertz CT molecular complexity index is 642. The molecule has 0 bridgehead atoms. The zero-order valence-corrected chi connectivity index (χ0v) is 14.1. The fraction of sp³-hybridized carbons (Fsp3) is 0.444. The normalized spacial score (nSPS) is 13.6. The minimum absolute atomic E-state index is 0.0257. The third-order valence-electron chi connectivity index (χ3n) is 4.03. The van der Waals surface area contributed by atoms with Crippen LogP contribution in [0.15, 0.2) is 28.8 Å². The van der Waals surface area contributed by atoms with Crippen LogP contribution in [0.2, 0.25) is 0 Å². The van der Waals surface area contributed by atoms with Gasteiger partial charge in [-0.05, 0) is 32.3 Å². The number of aryl methyl sites for hydroxylation is 3. The lowest BCUT2D eigenvalue weighted by molar-refractivity contribution is -0.121. The standard InChI is InChI=1S/C18H24N2O3/c1-11-5-7-15(8-6-11)16(21)10-19-17(22)9-12(2)18-13(3)20-23-14(18)4/h5-8,12,16,21H,9-10H2,1-4H3,(H,19,22). The van der Waals surface area contributed by atoms with E-state index in [-0.39, 0.29) is 18.4 Å². The summed E-state index contributed by atoms with van der Waals surface area (Å²) in [6.45, 7) is 7.90. The number of nitrogens with one attached hydrogen (secondary N) is 1. The summed E-state index contributed by atoms with van der Waals surface area (Å²) >= 11 is 0. The van der Waals surface area contributed by atoms with Gasteiger partial charge in [-0.2, -0.15) is 0 Å². The Labute approximate surface area is 136 Å². The van der Waals surface area contributed by atoms with Gasteiger partial charge in [-0.15, -0.1) is 0 Å². The third kappa shape index (κ3) is 4.42. The molecule has 2 atom stereocenters. The highest BCUT2D eigenvalue weighted by atomic mass is 16.5. The second-order valence-electron chi connectivity index (χ2n) is 6.07. The first kappa shape index (κ1) is 17.2. The first-order valence-corrected chi connectivity index (χ1v) is 7.82. The number of rotatable bonds is 6. The summed E-state index contributed by atoms with van der Waals surface area (Å²) in [5, 5.41) is 16.8. The van der Waals surface area contributed by atoms with Gasteiger partial charge in [0.25, 0.3) is 0 Å². The minimum atomic E-state index is -0.700. The monoisotopic (exact) mass is 316 g/mol. The lowest BCUT2D eigenvalue weighted by Crippen LogP contribution is -2.29. The van der Waals surface area contributed by atoms with Crippen LogP contribution in [-0.2, 0) is 4.79 Å². The maximum Gasteiger partial charge on any atom is 0.220 e. The second kappa shape index (κ2) is 7.42. The number of nitrogens with zero attached hydrogens (tertiary/aromatic N) is 1. The largest absolute Gasteiger partial charge is 0.387 e. The molecule has 0 fully saturated rings. The van der Waals surface area contributed by atoms with E-state index >= 15 is 0 Å². The zero-order chi connectivity index (χ0) is 17.0. The molecule has 0 saturated heterocycles. The summed E-state index contributed by atoms with van der Waals surface area (Å²) < 4.78 is 5.14. The van der Waals surface area contributed by atoms with Crippen LogP contribution in [0.3, 0.4) is 0 Å². The molecule has 2 N–H and O–H groups in total. The summed E-state index contributed by atoms with van der Waals surface area (Å²) in [6.07, 6.45) is -0.363. The molecule has 124 valence electrons. The molecule has 1 aromatic carbocycles. The van der Waals surface area contributed by atoms with Crippen molar-refractivity contribution in [2.45, 2.75) is 46.1 Å². The zero-order valence-electron chi connectivity index (χ0n) is 14.1. The molecule has 0 aliphatic heterocycles. The van der Waals surface area contributed by atoms with E-state index in [0.717, 1.165) is 28.1 Å². The van der Waals surface area contributed by atoms with Crippen LogP contribution in [-0.4, -0.2) is 22.7 Å². The SMILES string of the molecule is Cc1ccc(C(O)CNC(=O)CC(C)c2c(C)noc2C)cc1. The van der Waals surface area contributed by atoms with Crippen LogP contribution < -0.4 is 5.32 Å². The van der Waals surface area contributed by atoms with E-state index in [4.69, 9.17) is 4.52 Å². The number of hydrogen-bond donors (Lipinski definition) is 2. The first-order chi connectivity index (χ1) is 10.9. The topological polar surface area (TPSA) is 75.4 Å². The Balaban J connectivity index is 1.86.